The summed E-state index contributed by atoms with van der Waals surface area (Å²) in [5.74, 6) is 0.657. The third-order valence-electron chi connectivity index (χ3n) is 2.96. The first-order chi connectivity index (χ1) is 8.38. The van der Waals surface area contributed by atoms with Gasteiger partial charge in [0.1, 0.15) is 11.3 Å². The van der Waals surface area contributed by atoms with Crippen molar-refractivity contribution < 1.29 is 4.39 Å². The lowest BCUT2D eigenvalue weighted by molar-refractivity contribution is 0.426. The topological polar surface area (TPSA) is 29.9 Å². The van der Waals surface area contributed by atoms with E-state index < -0.39 is 0 Å². The second-order valence-corrected chi connectivity index (χ2v) is 5.62. The van der Waals surface area contributed by atoms with Crippen molar-refractivity contribution >= 4 is 11.0 Å². The summed E-state index contributed by atoms with van der Waals surface area (Å²) >= 11 is 0. The minimum atomic E-state index is -0.252. The van der Waals surface area contributed by atoms with Crippen molar-refractivity contribution in [1.29, 1.82) is 0 Å². The minimum Gasteiger partial charge on any atom is -0.331 e. The molecular weight excluding hydrogens is 229 g/mol. The van der Waals surface area contributed by atoms with Gasteiger partial charge in [-0.25, -0.2) is 9.37 Å². The maximum atomic E-state index is 13.6. The van der Waals surface area contributed by atoms with Gasteiger partial charge in [0.2, 0.25) is 0 Å². The molecule has 18 heavy (non-hydrogen) atoms. The van der Waals surface area contributed by atoms with Crippen LogP contribution in [0.25, 0.3) is 11.0 Å². The maximum absolute atomic E-state index is 13.6. The van der Waals surface area contributed by atoms with Crippen molar-refractivity contribution in [3.63, 3.8) is 0 Å². The fourth-order valence-electron chi connectivity index (χ4n) is 2.00. The SMILES string of the molecule is Cn1c(CCNC(C)(C)C)nc2c(F)cccc21. The molecule has 0 fully saturated rings. The van der Waals surface area contributed by atoms with Crippen molar-refractivity contribution in [3.8, 4) is 0 Å². The summed E-state index contributed by atoms with van der Waals surface area (Å²) < 4.78 is 15.6. The third-order valence-corrected chi connectivity index (χ3v) is 2.96. The molecule has 0 aliphatic heterocycles. The second-order valence-electron chi connectivity index (χ2n) is 5.62. The molecular formula is C14H20FN3. The van der Waals surface area contributed by atoms with Gasteiger partial charge in [0, 0.05) is 25.6 Å². The number of nitrogens with zero attached hydrogens (tertiary/aromatic N) is 2. The zero-order chi connectivity index (χ0) is 13.3. The first-order valence-corrected chi connectivity index (χ1v) is 6.23. The van der Waals surface area contributed by atoms with Gasteiger partial charge in [0.05, 0.1) is 5.52 Å². The average Bonchev–Trinajstić information content (AvgIpc) is 2.57. The normalized spacial score (nSPS) is 12.3. The van der Waals surface area contributed by atoms with E-state index in [0.717, 1.165) is 24.3 Å². The first kappa shape index (κ1) is 13.0. The van der Waals surface area contributed by atoms with Gasteiger partial charge in [0.25, 0.3) is 0 Å². The molecule has 0 radical (unpaired) electrons. The van der Waals surface area contributed by atoms with Gasteiger partial charge in [-0.2, -0.15) is 0 Å². The maximum Gasteiger partial charge on any atom is 0.151 e. The summed E-state index contributed by atoms with van der Waals surface area (Å²) in [7, 11) is 1.93. The van der Waals surface area contributed by atoms with E-state index in [0.29, 0.717) is 5.52 Å². The zero-order valence-corrected chi connectivity index (χ0v) is 11.4. The Hall–Kier alpha value is -1.42. The number of rotatable bonds is 3. The van der Waals surface area contributed by atoms with Crippen LogP contribution in [-0.4, -0.2) is 21.6 Å². The highest BCUT2D eigenvalue weighted by molar-refractivity contribution is 5.76. The number of imidazole rings is 1. The summed E-state index contributed by atoms with van der Waals surface area (Å²) in [6, 6.07) is 5.06. The molecule has 2 rings (SSSR count). The van der Waals surface area contributed by atoms with Gasteiger partial charge < -0.3 is 9.88 Å². The van der Waals surface area contributed by atoms with Crippen molar-refractivity contribution in [2.75, 3.05) is 6.54 Å². The standard InChI is InChI=1S/C14H20FN3/c1-14(2,3)16-9-8-12-17-13-10(15)6-5-7-11(13)18(12)4/h5-7,16H,8-9H2,1-4H3. The largest absolute Gasteiger partial charge is 0.331 e. The van der Waals surface area contributed by atoms with E-state index in [1.807, 2.05) is 17.7 Å². The lowest BCUT2D eigenvalue weighted by Gasteiger charge is -2.20. The Labute approximate surface area is 107 Å². The Morgan fingerprint density at radius 1 is 1.33 bits per heavy atom. The minimum absolute atomic E-state index is 0.0931. The number of para-hydroxylation sites is 1. The van der Waals surface area contributed by atoms with Crippen LogP contribution in [0.2, 0.25) is 0 Å². The summed E-state index contributed by atoms with van der Waals surface area (Å²) in [6.07, 6.45) is 0.794. The van der Waals surface area contributed by atoms with Gasteiger partial charge in [0.15, 0.2) is 5.82 Å². The van der Waals surface area contributed by atoms with Crippen LogP contribution < -0.4 is 5.32 Å². The van der Waals surface area contributed by atoms with Crippen LogP contribution >= 0.6 is 0 Å². The van der Waals surface area contributed by atoms with E-state index in [9.17, 15) is 4.39 Å². The molecule has 0 atom stereocenters. The van der Waals surface area contributed by atoms with Crippen LogP contribution in [-0.2, 0) is 13.5 Å². The first-order valence-electron chi connectivity index (χ1n) is 6.23. The fourth-order valence-corrected chi connectivity index (χ4v) is 2.00. The molecule has 1 aromatic heterocycles. The molecule has 0 unspecified atom stereocenters. The van der Waals surface area contributed by atoms with E-state index in [1.54, 1.807) is 6.07 Å². The summed E-state index contributed by atoms with van der Waals surface area (Å²) in [5, 5.41) is 3.41. The highest BCUT2D eigenvalue weighted by atomic mass is 19.1. The summed E-state index contributed by atoms with van der Waals surface area (Å²) in [5.41, 5.74) is 1.40. The molecule has 0 aliphatic rings. The molecule has 1 N–H and O–H groups in total. The molecule has 0 amide bonds. The molecule has 3 nitrogen and oxygen atoms in total. The number of hydrogen-bond donors (Lipinski definition) is 1. The van der Waals surface area contributed by atoms with E-state index in [2.05, 4.69) is 31.1 Å². The molecule has 0 saturated heterocycles. The van der Waals surface area contributed by atoms with E-state index in [-0.39, 0.29) is 11.4 Å². The Morgan fingerprint density at radius 2 is 2.06 bits per heavy atom. The van der Waals surface area contributed by atoms with E-state index in [4.69, 9.17) is 0 Å². The lowest BCUT2D eigenvalue weighted by atomic mass is 10.1. The average molecular weight is 249 g/mol. The Balaban J connectivity index is 2.19. The molecule has 0 saturated carbocycles. The monoisotopic (exact) mass is 249 g/mol. The summed E-state index contributed by atoms with van der Waals surface area (Å²) in [4.78, 5) is 4.38. The Kier molecular flexibility index (Phi) is 3.39. The lowest BCUT2D eigenvalue weighted by Crippen LogP contribution is -2.37. The molecule has 98 valence electrons. The van der Waals surface area contributed by atoms with Crippen molar-refractivity contribution in [2.24, 2.45) is 7.05 Å². The molecule has 1 aromatic carbocycles. The highest BCUT2D eigenvalue weighted by Crippen LogP contribution is 2.18. The number of aromatic nitrogens is 2. The van der Waals surface area contributed by atoms with Crippen molar-refractivity contribution in [1.82, 2.24) is 14.9 Å². The quantitative estimate of drug-likeness (QED) is 0.906. The van der Waals surface area contributed by atoms with Gasteiger partial charge in [-0.15, -0.1) is 0 Å². The molecule has 1 heterocycles. The van der Waals surface area contributed by atoms with Crippen LogP contribution in [0.15, 0.2) is 18.2 Å². The zero-order valence-electron chi connectivity index (χ0n) is 11.4. The second kappa shape index (κ2) is 4.69. The number of halogens is 1. The van der Waals surface area contributed by atoms with Crippen LogP contribution in [0.1, 0.15) is 26.6 Å². The Bertz CT molecular complexity index is 552. The van der Waals surface area contributed by atoms with Gasteiger partial charge in [-0.05, 0) is 32.9 Å². The van der Waals surface area contributed by atoms with Crippen molar-refractivity contribution in [3.05, 3.63) is 29.8 Å². The smallest absolute Gasteiger partial charge is 0.151 e. The van der Waals surface area contributed by atoms with Gasteiger partial charge >= 0.3 is 0 Å². The molecule has 0 bridgehead atoms. The predicted octanol–water partition coefficient (Wildman–Crippen LogP) is 2.64. The predicted molar refractivity (Wildman–Crippen MR) is 72.1 cm³/mol. The summed E-state index contributed by atoms with van der Waals surface area (Å²) in [6.45, 7) is 7.22. The number of nitrogens with one attached hydrogen (secondary N) is 1. The van der Waals surface area contributed by atoms with Gasteiger partial charge in [-0.3, -0.25) is 0 Å². The number of hydrogen-bond acceptors (Lipinski definition) is 2. The van der Waals surface area contributed by atoms with E-state index >= 15 is 0 Å². The van der Waals surface area contributed by atoms with Crippen molar-refractivity contribution in [2.45, 2.75) is 32.7 Å². The van der Waals surface area contributed by atoms with Gasteiger partial charge in [-0.1, -0.05) is 6.07 Å². The number of benzene rings is 1. The van der Waals surface area contributed by atoms with Crippen LogP contribution in [0.4, 0.5) is 4.39 Å². The number of fused-ring (bicyclic) bond motifs is 1. The highest BCUT2D eigenvalue weighted by Gasteiger charge is 2.12. The van der Waals surface area contributed by atoms with Crippen LogP contribution in [0.3, 0.4) is 0 Å². The number of aryl methyl sites for hydroxylation is 1. The van der Waals surface area contributed by atoms with Crippen LogP contribution in [0, 0.1) is 5.82 Å². The van der Waals surface area contributed by atoms with Crippen LogP contribution in [0.5, 0.6) is 0 Å². The Morgan fingerprint density at radius 3 is 2.67 bits per heavy atom. The molecule has 0 spiro atoms. The molecule has 2 aromatic rings. The van der Waals surface area contributed by atoms with E-state index in [1.165, 1.54) is 6.07 Å². The molecule has 4 heteroatoms. The molecule has 0 aliphatic carbocycles. The fraction of sp³-hybridized carbons (Fsp3) is 0.500. The third kappa shape index (κ3) is 2.70.